The fourth-order valence-corrected chi connectivity index (χ4v) is 5.17. The summed E-state index contributed by atoms with van der Waals surface area (Å²) in [5, 5.41) is 9.13. The Morgan fingerprint density at radius 1 is 1.14 bits per heavy atom. The molecule has 1 amide bonds. The van der Waals surface area contributed by atoms with Crippen LogP contribution in [0.5, 0.6) is 17.2 Å². The number of allylic oxidation sites excluding steroid dienone is 1. The molecule has 0 fully saturated rings. The fraction of sp³-hybridized carbons (Fsp3) is 0.125. The normalized spacial score (nSPS) is 13.5. The van der Waals surface area contributed by atoms with Crippen molar-refractivity contribution in [3.63, 3.8) is 0 Å². The zero-order chi connectivity index (χ0) is 26.7. The van der Waals surface area contributed by atoms with Gasteiger partial charge in [-0.25, -0.2) is 4.98 Å². The van der Waals surface area contributed by atoms with Crippen LogP contribution in [0.3, 0.4) is 0 Å². The van der Waals surface area contributed by atoms with Gasteiger partial charge in [0, 0.05) is 29.5 Å². The second kappa shape index (κ2) is 10.7. The molecule has 0 spiro atoms. The van der Waals surface area contributed by atoms with Gasteiger partial charge >= 0.3 is 6.18 Å². The number of benzene rings is 2. The van der Waals surface area contributed by atoms with Crippen LogP contribution in [-0.2, 0) is 17.5 Å². The van der Waals surface area contributed by atoms with Gasteiger partial charge in [0.2, 0.25) is 5.75 Å². The highest BCUT2D eigenvalue weighted by Crippen LogP contribution is 2.35. The number of aryl methyl sites for hydroxylation is 1. The molecule has 1 aliphatic heterocycles. The average Bonchev–Trinajstić information content (AvgIpc) is 2.84. The van der Waals surface area contributed by atoms with E-state index >= 15 is 0 Å². The largest absolute Gasteiger partial charge is 0.452 e. The molecule has 0 aliphatic carbocycles. The van der Waals surface area contributed by atoms with Crippen LogP contribution in [0.15, 0.2) is 65.4 Å². The summed E-state index contributed by atoms with van der Waals surface area (Å²) in [7, 11) is 0. The first-order valence-electron chi connectivity index (χ1n) is 10.3. The van der Waals surface area contributed by atoms with Crippen LogP contribution in [0.2, 0.25) is 5.02 Å². The number of ether oxygens (including phenoxy) is 2. The molecule has 2 heterocycles. The highest BCUT2D eigenvalue weighted by Gasteiger charge is 2.39. The van der Waals surface area contributed by atoms with Gasteiger partial charge in [-0.05, 0) is 43.3 Å². The molecule has 190 valence electrons. The van der Waals surface area contributed by atoms with Gasteiger partial charge in [0.05, 0.1) is 24.5 Å². The number of nitriles is 1. The van der Waals surface area contributed by atoms with Crippen LogP contribution in [0.4, 0.5) is 13.2 Å². The second-order valence-corrected chi connectivity index (χ2v) is 10.5. The molecule has 0 saturated heterocycles. The Bertz CT molecular complexity index is 1540. The van der Waals surface area contributed by atoms with E-state index in [1.54, 1.807) is 12.1 Å². The number of halogens is 5. The lowest BCUT2D eigenvalue weighted by Crippen LogP contribution is -2.30. The molecule has 0 radical (unpaired) electrons. The molecule has 13 heteroatoms. The Hall–Kier alpha value is -3.70. The lowest BCUT2D eigenvalue weighted by Gasteiger charge is -2.17. The zero-order valence-electron chi connectivity index (χ0n) is 18.8. The third-order valence-corrected chi connectivity index (χ3v) is 7.14. The number of amides is 1. The van der Waals surface area contributed by atoms with Crippen LogP contribution in [-0.4, -0.2) is 19.0 Å². The molecule has 37 heavy (non-hydrogen) atoms. The van der Waals surface area contributed by atoms with Gasteiger partial charge in [0.15, 0.2) is 11.5 Å². The molecule has 1 aliphatic rings. The van der Waals surface area contributed by atoms with Crippen molar-refractivity contribution in [3.05, 3.63) is 92.8 Å². The van der Waals surface area contributed by atoms with Crippen LogP contribution in [0.25, 0.3) is 0 Å². The standard InChI is InChI=1S/C24H15ClF3IN4O4/c1-13-2-4-17(5-3-13)36-19-9-16(29-32-22(19)34)11-33-12-31-21(24(26,27)28)20(23(33)35)37-18-7-14(10-30)6-15(25)8-18/h2-9,12H,11H2,1H3,(H,32,34). The summed E-state index contributed by atoms with van der Waals surface area (Å²) in [6.45, 7) is 1.74. The van der Waals surface area contributed by atoms with Gasteiger partial charge in [0.1, 0.15) is 11.5 Å². The summed E-state index contributed by atoms with van der Waals surface area (Å²) in [5.41, 5.74) is -1.60. The summed E-state index contributed by atoms with van der Waals surface area (Å²) >= 11 is 4.83. The minimum absolute atomic E-state index is 0.0165. The van der Waals surface area contributed by atoms with Crippen LogP contribution in [0.1, 0.15) is 16.8 Å². The molecule has 0 bridgehead atoms. The lowest BCUT2D eigenvalue weighted by molar-refractivity contribution is -0.142. The fourth-order valence-electron chi connectivity index (χ4n) is 3.11. The first-order chi connectivity index (χ1) is 17.5. The van der Waals surface area contributed by atoms with Crippen molar-refractivity contribution in [3.8, 4) is 23.3 Å². The van der Waals surface area contributed by atoms with E-state index in [0.29, 0.717) is 9.26 Å². The van der Waals surface area contributed by atoms with Crippen molar-refractivity contribution in [1.82, 2.24) is 13.1 Å². The molecule has 1 aromatic heterocycles. The highest BCUT2D eigenvalue weighted by molar-refractivity contribution is 14.2. The Morgan fingerprint density at radius 3 is 2.54 bits per heavy atom. The van der Waals surface area contributed by atoms with Gasteiger partial charge < -0.3 is 9.47 Å². The van der Waals surface area contributed by atoms with Crippen molar-refractivity contribution in [2.24, 2.45) is 0 Å². The molecule has 0 saturated carbocycles. The average molecular weight is 643 g/mol. The summed E-state index contributed by atoms with van der Waals surface area (Å²) in [6, 6.07) is 12.4. The number of rotatable bonds is 6. The predicted octanol–water partition coefficient (Wildman–Crippen LogP) is 5.04. The number of alkyl halides is 3. The van der Waals surface area contributed by atoms with E-state index in [-0.39, 0.29) is 28.6 Å². The number of hydrogen-bond acceptors (Lipinski definition) is 6. The maximum Gasteiger partial charge on any atom is 0.437 e. The van der Waals surface area contributed by atoms with Gasteiger partial charge in [-0.1, -0.05) is 29.3 Å². The minimum atomic E-state index is -4.99. The van der Waals surface area contributed by atoms with E-state index in [0.717, 1.165) is 22.5 Å². The molecule has 0 unspecified atom stereocenters. The topological polar surface area (TPSA) is 106 Å². The molecule has 2 aromatic carbocycles. The van der Waals surface area contributed by atoms with Gasteiger partial charge in [0.25, 0.3) is 11.5 Å². The molecule has 3 aromatic rings. The molecular weight excluding hydrogens is 628 g/mol. The minimum Gasteiger partial charge on any atom is -0.452 e. The zero-order valence-corrected chi connectivity index (χ0v) is 21.7. The number of carbonyl (C=O) groups excluding carboxylic acids is 1. The Balaban J connectivity index is 1.67. The van der Waals surface area contributed by atoms with Crippen molar-refractivity contribution in [2.45, 2.75) is 19.6 Å². The number of nitrogens with one attached hydrogen (secondary N) is 1. The SMILES string of the molecule is Cc1ccc(OC2=CC(Cn3cnc(C(F)(F)F)c(Oc4cc(Cl)cc(C#N)c4)c3=O)=INC2=O)cc1. The van der Waals surface area contributed by atoms with Crippen LogP contribution < -0.4 is 18.6 Å². The number of carbonyl (C=O) groups is 1. The van der Waals surface area contributed by atoms with Gasteiger partial charge in [-0.3, -0.25) is 17.7 Å². The van der Waals surface area contributed by atoms with Gasteiger partial charge in [-0.2, -0.15) is 18.4 Å². The summed E-state index contributed by atoms with van der Waals surface area (Å²) in [6.07, 6.45) is -2.76. The molecular formula is C24H15ClF3IN4O4. The second-order valence-electron chi connectivity index (χ2n) is 7.63. The Labute approximate surface area is 223 Å². The van der Waals surface area contributed by atoms with Crippen molar-refractivity contribution in [1.29, 1.82) is 5.26 Å². The highest BCUT2D eigenvalue weighted by atomic mass is 127. The van der Waals surface area contributed by atoms with Crippen molar-refractivity contribution >= 4 is 42.0 Å². The number of hydrogen-bond donors (Lipinski definition) is 1. The smallest absolute Gasteiger partial charge is 0.437 e. The Kier molecular flexibility index (Phi) is 7.65. The summed E-state index contributed by atoms with van der Waals surface area (Å²) in [5.74, 6) is -1.33. The molecule has 8 nitrogen and oxygen atoms in total. The van der Waals surface area contributed by atoms with E-state index < -0.39 is 50.1 Å². The van der Waals surface area contributed by atoms with Crippen molar-refractivity contribution < 1.29 is 27.4 Å². The molecule has 4 rings (SSSR count). The van der Waals surface area contributed by atoms with E-state index in [1.165, 1.54) is 18.2 Å². The predicted molar refractivity (Wildman–Crippen MR) is 137 cm³/mol. The third kappa shape index (κ3) is 6.36. The quantitative estimate of drug-likeness (QED) is 0.299. The first kappa shape index (κ1) is 26.4. The van der Waals surface area contributed by atoms with Crippen LogP contribution >= 0.6 is 32.6 Å². The lowest BCUT2D eigenvalue weighted by atomic mass is 10.2. The van der Waals surface area contributed by atoms with E-state index in [9.17, 15) is 22.8 Å². The monoisotopic (exact) mass is 642 g/mol. The number of aromatic nitrogens is 2. The van der Waals surface area contributed by atoms with Gasteiger partial charge in [-0.15, -0.1) is 0 Å². The van der Waals surface area contributed by atoms with Crippen molar-refractivity contribution in [2.75, 3.05) is 0 Å². The number of nitrogens with zero attached hydrogens (tertiary/aromatic N) is 3. The maximum atomic E-state index is 13.6. The third-order valence-electron chi connectivity index (χ3n) is 4.82. The summed E-state index contributed by atoms with van der Waals surface area (Å²) in [4.78, 5) is 28.8. The van der Waals surface area contributed by atoms with Crippen LogP contribution in [0, 0.1) is 18.3 Å². The summed E-state index contributed by atoms with van der Waals surface area (Å²) < 4.78 is 56.0. The molecule has 0 atom stereocenters. The maximum absolute atomic E-state index is 13.6. The van der Waals surface area contributed by atoms with E-state index in [4.69, 9.17) is 26.3 Å². The van der Waals surface area contributed by atoms with E-state index in [1.807, 2.05) is 25.1 Å². The van der Waals surface area contributed by atoms with E-state index in [2.05, 4.69) is 8.51 Å². The first-order valence-corrected chi connectivity index (χ1v) is 12.9. The molecule has 1 N–H and O–H groups in total. The Morgan fingerprint density at radius 2 is 1.86 bits per heavy atom.